The summed E-state index contributed by atoms with van der Waals surface area (Å²) in [6.07, 6.45) is 0.977. The average molecular weight is 539 g/mol. The van der Waals surface area contributed by atoms with E-state index in [1.54, 1.807) is 24.3 Å². The van der Waals surface area contributed by atoms with Crippen molar-refractivity contribution in [2.45, 2.75) is 25.3 Å². The van der Waals surface area contributed by atoms with E-state index in [0.717, 1.165) is 21.9 Å². The number of fused-ring (bicyclic) bond motifs is 4. The maximum absolute atomic E-state index is 13.9. The molecule has 0 aliphatic carbocycles. The van der Waals surface area contributed by atoms with E-state index in [0.29, 0.717) is 42.4 Å². The Morgan fingerprint density at radius 2 is 1.51 bits per heavy atom. The molecule has 11 nitrogen and oxygen atoms in total. The molecule has 0 radical (unpaired) electrons. The van der Waals surface area contributed by atoms with Crippen molar-refractivity contribution in [3.8, 4) is 17.2 Å². The molecule has 1 aromatic carbocycles. The van der Waals surface area contributed by atoms with E-state index >= 15 is 0 Å². The minimum absolute atomic E-state index is 0.00563. The largest absolute Gasteiger partial charge is 0.493 e. The van der Waals surface area contributed by atoms with Crippen LogP contribution < -0.4 is 19.8 Å². The smallest absolute Gasteiger partial charge is 0.332 e. The van der Waals surface area contributed by atoms with Gasteiger partial charge in [0.15, 0.2) is 11.5 Å². The summed E-state index contributed by atoms with van der Waals surface area (Å²) < 4.78 is 18.3. The number of amides is 4. The summed E-state index contributed by atoms with van der Waals surface area (Å²) in [4.78, 5) is 57.2. The molecular formula is C28H34N4O7. The van der Waals surface area contributed by atoms with Crippen LogP contribution in [0.25, 0.3) is 0 Å². The first-order chi connectivity index (χ1) is 18.6. The number of hydrogen-bond donors (Lipinski definition) is 0. The van der Waals surface area contributed by atoms with Gasteiger partial charge in [0.05, 0.1) is 21.3 Å². The van der Waals surface area contributed by atoms with Crippen LogP contribution in [0.3, 0.4) is 0 Å². The number of nitrogens with zero attached hydrogens (tertiary/aromatic N) is 4. The first-order valence-corrected chi connectivity index (χ1v) is 12.9. The number of methoxy groups -OCH3 is 3. The third-order valence-electron chi connectivity index (χ3n) is 8.28. The fourth-order valence-corrected chi connectivity index (χ4v) is 6.57. The lowest BCUT2D eigenvalue weighted by atomic mass is 9.75. The maximum atomic E-state index is 13.9. The molecule has 11 heteroatoms. The maximum Gasteiger partial charge on any atom is 0.332 e. The minimum atomic E-state index is -1.55. The van der Waals surface area contributed by atoms with Crippen LogP contribution in [-0.4, -0.2) is 92.2 Å². The van der Waals surface area contributed by atoms with Crippen molar-refractivity contribution >= 4 is 17.8 Å². The molecule has 4 heterocycles. The minimum Gasteiger partial charge on any atom is -0.493 e. The molecule has 0 N–H and O–H groups in total. The Bertz CT molecular complexity index is 1340. The molecule has 3 aliphatic rings. The molecule has 0 spiro atoms. The van der Waals surface area contributed by atoms with Gasteiger partial charge in [-0.25, -0.2) is 4.79 Å². The van der Waals surface area contributed by atoms with Gasteiger partial charge in [-0.1, -0.05) is 6.07 Å². The number of ether oxygens (including phenoxy) is 3. The van der Waals surface area contributed by atoms with Crippen molar-refractivity contribution in [1.82, 2.24) is 19.3 Å². The predicted molar refractivity (Wildman–Crippen MR) is 141 cm³/mol. The molecule has 2 aromatic rings. The van der Waals surface area contributed by atoms with Crippen LogP contribution >= 0.6 is 0 Å². The number of carbonyl (C=O) groups excluding carboxylic acids is 3. The third-order valence-corrected chi connectivity index (χ3v) is 8.28. The summed E-state index contributed by atoms with van der Waals surface area (Å²) in [5.41, 5.74) is 0.0579. The molecule has 5 rings (SSSR count). The Balaban J connectivity index is 1.54. The molecule has 2 unspecified atom stereocenters. The van der Waals surface area contributed by atoms with Crippen molar-refractivity contribution < 1.29 is 28.6 Å². The van der Waals surface area contributed by atoms with E-state index in [9.17, 15) is 19.2 Å². The second-order valence-electron chi connectivity index (χ2n) is 10.7. The van der Waals surface area contributed by atoms with Gasteiger partial charge in [0.2, 0.25) is 17.6 Å². The number of rotatable bonds is 7. The Hall–Kier alpha value is -3.86. The van der Waals surface area contributed by atoms with Gasteiger partial charge in [-0.3, -0.25) is 24.2 Å². The number of carbonyl (C=O) groups is 3. The Morgan fingerprint density at radius 1 is 0.872 bits per heavy atom. The molecule has 208 valence electrons. The quantitative estimate of drug-likeness (QED) is 0.489. The third kappa shape index (κ3) is 4.34. The van der Waals surface area contributed by atoms with Gasteiger partial charge in [0.1, 0.15) is 5.41 Å². The highest BCUT2D eigenvalue weighted by molar-refractivity contribution is 6.19. The van der Waals surface area contributed by atoms with Crippen LogP contribution in [0.1, 0.15) is 23.6 Å². The number of barbiturate groups is 1. The average Bonchev–Trinajstić information content (AvgIpc) is 2.94. The first-order valence-electron chi connectivity index (χ1n) is 12.9. The summed E-state index contributed by atoms with van der Waals surface area (Å²) >= 11 is 0. The zero-order valence-electron chi connectivity index (χ0n) is 22.9. The summed E-state index contributed by atoms with van der Waals surface area (Å²) in [5, 5.41) is 0. The van der Waals surface area contributed by atoms with Gasteiger partial charge in [-0.2, -0.15) is 0 Å². The van der Waals surface area contributed by atoms with E-state index in [2.05, 4.69) is 4.90 Å². The number of aromatic nitrogens is 1. The van der Waals surface area contributed by atoms with Crippen molar-refractivity contribution in [3.05, 3.63) is 51.9 Å². The molecule has 2 fully saturated rings. The molecule has 1 aromatic heterocycles. The van der Waals surface area contributed by atoms with Crippen LogP contribution in [-0.2, 0) is 22.6 Å². The van der Waals surface area contributed by atoms with Crippen LogP contribution in [0.5, 0.6) is 17.2 Å². The number of pyridine rings is 1. The zero-order chi connectivity index (χ0) is 28.1. The van der Waals surface area contributed by atoms with E-state index < -0.39 is 23.3 Å². The van der Waals surface area contributed by atoms with E-state index in [1.165, 1.54) is 35.4 Å². The van der Waals surface area contributed by atoms with Gasteiger partial charge >= 0.3 is 6.03 Å². The highest BCUT2D eigenvalue weighted by Crippen LogP contribution is 2.43. The fraction of sp³-hybridized carbons (Fsp3) is 0.500. The molecule has 2 bridgehead atoms. The number of hydrogen-bond acceptors (Lipinski definition) is 8. The monoisotopic (exact) mass is 538 g/mol. The summed E-state index contributed by atoms with van der Waals surface area (Å²) in [6.45, 7) is 1.96. The number of benzene rings is 1. The number of urea groups is 1. The number of piperidine rings is 1. The van der Waals surface area contributed by atoms with Crippen LogP contribution in [0, 0.1) is 11.3 Å². The van der Waals surface area contributed by atoms with Crippen LogP contribution in [0.4, 0.5) is 4.79 Å². The van der Waals surface area contributed by atoms with E-state index in [4.69, 9.17) is 14.2 Å². The van der Waals surface area contributed by atoms with Crippen molar-refractivity contribution in [1.29, 1.82) is 0 Å². The second kappa shape index (κ2) is 10.0. The first kappa shape index (κ1) is 26.7. The summed E-state index contributed by atoms with van der Waals surface area (Å²) in [6, 6.07) is 8.14. The Morgan fingerprint density at radius 3 is 2.10 bits per heavy atom. The van der Waals surface area contributed by atoms with Crippen molar-refractivity contribution in [2.24, 2.45) is 11.3 Å². The molecule has 4 amide bonds. The van der Waals surface area contributed by atoms with Crippen molar-refractivity contribution in [2.75, 3.05) is 55.1 Å². The van der Waals surface area contributed by atoms with Crippen LogP contribution in [0.15, 0.2) is 35.1 Å². The SMILES string of the molecule is COc1cc(CC2(CN3CC4CC(C3)c3cccc(=O)n3C4)C(=O)N(C)C(=O)N(C)C2=O)cc(OC)c1OC. The fourth-order valence-electron chi connectivity index (χ4n) is 6.57. The molecule has 2 atom stereocenters. The number of likely N-dealkylation sites (tertiary alicyclic amines) is 1. The van der Waals surface area contributed by atoms with Crippen molar-refractivity contribution in [3.63, 3.8) is 0 Å². The number of imide groups is 2. The normalized spacial score (nSPS) is 22.5. The molecule has 2 saturated heterocycles. The summed E-state index contributed by atoms with van der Waals surface area (Å²) in [7, 11) is 7.33. The highest BCUT2D eigenvalue weighted by atomic mass is 16.5. The van der Waals surface area contributed by atoms with Gasteiger partial charge in [0, 0.05) is 58.0 Å². The standard InChI is InChI=1S/C28H34N4O7/c1-29-25(34)28(26(35)30(2)27(29)36,12-17-10-21(37-3)24(39-5)22(11-17)38-4)16-31-13-18-9-19(15-31)20-7-6-8-23(33)32(20)14-18/h6-8,10-11,18-19H,9,12-16H2,1-5H3. The molecule has 3 aliphatic heterocycles. The molecule has 39 heavy (non-hydrogen) atoms. The van der Waals surface area contributed by atoms with Gasteiger partial charge in [-0.15, -0.1) is 0 Å². The molecular weight excluding hydrogens is 504 g/mol. The Labute approximate surface area is 226 Å². The van der Waals surface area contributed by atoms with Gasteiger partial charge in [0.25, 0.3) is 5.56 Å². The zero-order valence-corrected chi connectivity index (χ0v) is 22.9. The topological polar surface area (TPSA) is 111 Å². The Kier molecular flexibility index (Phi) is 6.88. The highest BCUT2D eigenvalue weighted by Gasteiger charge is 2.56. The van der Waals surface area contributed by atoms with Gasteiger partial charge < -0.3 is 23.7 Å². The lowest BCUT2D eigenvalue weighted by molar-refractivity contribution is -0.159. The predicted octanol–water partition coefficient (Wildman–Crippen LogP) is 1.57. The van der Waals surface area contributed by atoms with E-state index in [-0.39, 0.29) is 30.4 Å². The van der Waals surface area contributed by atoms with Gasteiger partial charge in [-0.05, 0) is 42.5 Å². The molecule has 0 saturated carbocycles. The second-order valence-corrected chi connectivity index (χ2v) is 10.7. The summed E-state index contributed by atoms with van der Waals surface area (Å²) in [5.74, 6) is 0.445. The lowest BCUT2D eigenvalue weighted by Crippen LogP contribution is -2.67. The van der Waals surface area contributed by atoms with Crippen LogP contribution in [0.2, 0.25) is 0 Å². The van der Waals surface area contributed by atoms with E-state index in [1.807, 2.05) is 10.6 Å². The lowest BCUT2D eigenvalue weighted by Gasteiger charge is -2.48.